The standard InChI is InChI=1S/C30H27N5O6S2/c31-20-6-8-22(9-7-20)32-25-15-17-28(30(18-25)43(39,40)41)35-24-12-10-23(11-13-24)33-26-14-16-27(29(19-26)42(36,37)38)34-21-4-2-1-3-5-21/h1-19,32-35H,31H2,(H,36,37,38)(H,39,40,41). The molecule has 8 N–H and O–H groups in total. The summed E-state index contributed by atoms with van der Waals surface area (Å²) in [7, 11) is -9.11. The van der Waals surface area contributed by atoms with Crippen molar-refractivity contribution < 1.29 is 25.9 Å². The highest BCUT2D eigenvalue weighted by Gasteiger charge is 2.18. The molecule has 0 aromatic heterocycles. The van der Waals surface area contributed by atoms with Crippen LogP contribution >= 0.6 is 0 Å². The van der Waals surface area contributed by atoms with Gasteiger partial charge in [0.1, 0.15) is 9.79 Å². The van der Waals surface area contributed by atoms with Gasteiger partial charge in [-0.05, 0) is 97.1 Å². The average Bonchev–Trinajstić information content (AvgIpc) is 2.96. The predicted molar refractivity (Wildman–Crippen MR) is 169 cm³/mol. The lowest BCUT2D eigenvalue weighted by Crippen LogP contribution is -2.05. The maximum absolute atomic E-state index is 12.2. The molecule has 5 rings (SSSR count). The number of nitrogens with two attached hydrogens (primary N) is 1. The van der Waals surface area contributed by atoms with Crippen molar-refractivity contribution in [2.24, 2.45) is 0 Å². The minimum Gasteiger partial charge on any atom is -0.399 e. The van der Waals surface area contributed by atoms with Crippen LogP contribution in [-0.2, 0) is 20.2 Å². The highest BCUT2D eigenvalue weighted by atomic mass is 32.2. The first kappa shape index (κ1) is 29.4. The minimum absolute atomic E-state index is 0.158. The maximum Gasteiger partial charge on any atom is 0.296 e. The molecule has 0 aliphatic carbocycles. The maximum atomic E-state index is 12.2. The zero-order chi connectivity index (χ0) is 30.6. The van der Waals surface area contributed by atoms with Crippen LogP contribution in [0.15, 0.2) is 125 Å². The molecule has 0 heterocycles. The number of hydrogen-bond acceptors (Lipinski definition) is 9. The lowest BCUT2D eigenvalue weighted by molar-refractivity contribution is 0.481. The SMILES string of the molecule is Nc1ccc(Nc2ccc(Nc3ccc(Nc4ccc(Nc5ccccc5)c(S(=O)(=O)O)c4)cc3)c(S(=O)(=O)O)c2)cc1. The average molecular weight is 618 g/mol. The Hall–Kier alpha value is -5.08. The van der Waals surface area contributed by atoms with E-state index in [4.69, 9.17) is 5.73 Å². The van der Waals surface area contributed by atoms with Crippen molar-refractivity contribution in [3.63, 3.8) is 0 Å². The molecule has 0 amide bonds. The topological polar surface area (TPSA) is 183 Å². The molecular weight excluding hydrogens is 590 g/mol. The number of nitrogens with one attached hydrogen (secondary N) is 4. The number of rotatable bonds is 10. The van der Waals surface area contributed by atoms with Crippen LogP contribution in [0.4, 0.5) is 51.2 Å². The van der Waals surface area contributed by atoms with E-state index in [1.165, 1.54) is 24.3 Å². The van der Waals surface area contributed by atoms with E-state index in [2.05, 4.69) is 21.3 Å². The molecule has 43 heavy (non-hydrogen) atoms. The van der Waals surface area contributed by atoms with Gasteiger partial charge >= 0.3 is 0 Å². The van der Waals surface area contributed by atoms with E-state index in [1.807, 2.05) is 6.07 Å². The summed E-state index contributed by atoms with van der Waals surface area (Å²) < 4.78 is 68.2. The summed E-state index contributed by atoms with van der Waals surface area (Å²) in [5.41, 5.74) is 9.96. The van der Waals surface area contributed by atoms with Gasteiger partial charge in [0.2, 0.25) is 0 Å². The lowest BCUT2D eigenvalue weighted by atomic mass is 10.2. The number of nitrogen functional groups attached to an aromatic ring is 1. The fourth-order valence-corrected chi connectivity index (χ4v) is 5.55. The number of anilines is 9. The Morgan fingerprint density at radius 1 is 0.442 bits per heavy atom. The van der Waals surface area contributed by atoms with Crippen molar-refractivity contribution in [1.82, 2.24) is 0 Å². The third kappa shape index (κ3) is 7.61. The van der Waals surface area contributed by atoms with Crippen molar-refractivity contribution >= 4 is 71.4 Å². The Morgan fingerprint density at radius 3 is 1.21 bits per heavy atom. The van der Waals surface area contributed by atoms with Gasteiger partial charge in [-0.2, -0.15) is 16.8 Å². The molecule has 11 nitrogen and oxygen atoms in total. The highest BCUT2D eigenvalue weighted by Crippen LogP contribution is 2.32. The molecule has 5 aromatic carbocycles. The first-order chi connectivity index (χ1) is 20.4. The van der Waals surface area contributed by atoms with Gasteiger partial charge in [0.25, 0.3) is 20.2 Å². The van der Waals surface area contributed by atoms with Crippen molar-refractivity contribution in [1.29, 1.82) is 0 Å². The zero-order valence-electron chi connectivity index (χ0n) is 22.4. The lowest BCUT2D eigenvalue weighted by Gasteiger charge is -2.15. The van der Waals surface area contributed by atoms with Crippen LogP contribution in [0.25, 0.3) is 0 Å². The molecular formula is C30H27N5O6S2. The van der Waals surface area contributed by atoms with Crippen LogP contribution in [0.1, 0.15) is 0 Å². The summed E-state index contributed by atoms with van der Waals surface area (Å²) in [6, 6.07) is 31.6. The highest BCUT2D eigenvalue weighted by molar-refractivity contribution is 7.86. The molecule has 0 unspecified atom stereocenters. The molecule has 13 heteroatoms. The monoisotopic (exact) mass is 617 g/mol. The van der Waals surface area contributed by atoms with Crippen LogP contribution in [0.2, 0.25) is 0 Å². The number of hydrogen-bond donors (Lipinski definition) is 7. The zero-order valence-corrected chi connectivity index (χ0v) is 24.0. The molecule has 220 valence electrons. The van der Waals surface area contributed by atoms with Crippen molar-refractivity contribution in [3.05, 3.63) is 115 Å². The molecule has 0 atom stereocenters. The summed E-state index contributed by atoms with van der Waals surface area (Å²) in [5.74, 6) is 0. The van der Waals surface area contributed by atoms with E-state index in [9.17, 15) is 25.9 Å². The fourth-order valence-electron chi connectivity index (χ4n) is 4.20. The molecule has 0 saturated heterocycles. The molecule has 0 radical (unpaired) electrons. The van der Waals surface area contributed by atoms with Gasteiger partial charge in [-0.3, -0.25) is 9.11 Å². The number of para-hydroxylation sites is 1. The van der Waals surface area contributed by atoms with Crippen LogP contribution < -0.4 is 27.0 Å². The summed E-state index contributed by atoms with van der Waals surface area (Å²) in [4.78, 5) is -0.621. The molecule has 5 aromatic rings. The third-order valence-corrected chi connectivity index (χ3v) is 8.01. The van der Waals surface area contributed by atoms with Gasteiger partial charge in [-0.15, -0.1) is 0 Å². The summed E-state index contributed by atoms with van der Waals surface area (Å²) >= 11 is 0. The Morgan fingerprint density at radius 2 is 0.791 bits per heavy atom. The minimum atomic E-state index is -4.57. The molecule has 0 spiro atoms. The second kappa shape index (κ2) is 12.0. The van der Waals surface area contributed by atoms with Crippen LogP contribution in [0.5, 0.6) is 0 Å². The molecule has 0 aliphatic rings. The van der Waals surface area contributed by atoms with Crippen molar-refractivity contribution in [3.8, 4) is 0 Å². The van der Waals surface area contributed by atoms with Gasteiger partial charge in [-0.1, -0.05) is 18.2 Å². The molecule has 0 fully saturated rings. The quantitative estimate of drug-likeness (QED) is 0.0651. The normalized spacial score (nSPS) is 11.5. The van der Waals surface area contributed by atoms with Gasteiger partial charge in [-0.25, -0.2) is 0 Å². The Kier molecular flexibility index (Phi) is 8.23. The first-order valence-corrected chi connectivity index (χ1v) is 15.6. The van der Waals surface area contributed by atoms with Crippen LogP contribution in [0.3, 0.4) is 0 Å². The van der Waals surface area contributed by atoms with E-state index in [0.29, 0.717) is 39.8 Å². The molecule has 0 aliphatic heterocycles. The summed E-state index contributed by atoms with van der Waals surface area (Å²) in [6.07, 6.45) is 0. The summed E-state index contributed by atoms with van der Waals surface area (Å²) in [5, 5.41) is 12.1. The van der Waals surface area contributed by atoms with Crippen LogP contribution in [-0.4, -0.2) is 25.9 Å². The van der Waals surface area contributed by atoms with Gasteiger partial charge < -0.3 is 27.0 Å². The number of benzene rings is 5. The van der Waals surface area contributed by atoms with E-state index in [-0.39, 0.29) is 21.2 Å². The summed E-state index contributed by atoms with van der Waals surface area (Å²) in [6.45, 7) is 0. The fraction of sp³-hybridized carbons (Fsp3) is 0. The smallest absolute Gasteiger partial charge is 0.296 e. The Bertz CT molecular complexity index is 1970. The van der Waals surface area contributed by atoms with Gasteiger partial charge in [0.05, 0.1) is 11.4 Å². The van der Waals surface area contributed by atoms with E-state index in [1.54, 1.807) is 84.9 Å². The van der Waals surface area contributed by atoms with E-state index >= 15 is 0 Å². The van der Waals surface area contributed by atoms with Gasteiger partial charge in [0.15, 0.2) is 0 Å². The Balaban J connectivity index is 1.33. The molecule has 0 saturated carbocycles. The second-order valence-corrected chi connectivity index (χ2v) is 12.2. The van der Waals surface area contributed by atoms with Crippen molar-refractivity contribution in [2.75, 3.05) is 27.0 Å². The second-order valence-electron chi connectivity index (χ2n) is 9.44. The molecule has 0 bridgehead atoms. The Labute approximate surface area is 248 Å². The van der Waals surface area contributed by atoms with Crippen molar-refractivity contribution in [2.45, 2.75) is 9.79 Å². The van der Waals surface area contributed by atoms with E-state index in [0.717, 1.165) is 0 Å². The largest absolute Gasteiger partial charge is 0.399 e. The third-order valence-electron chi connectivity index (χ3n) is 6.22. The van der Waals surface area contributed by atoms with Gasteiger partial charge in [0, 0.05) is 39.8 Å². The van der Waals surface area contributed by atoms with E-state index < -0.39 is 20.2 Å². The van der Waals surface area contributed by atoms with Crippen LogP contribution in [0, 0.1) is 0 Å². The predicted octanol–water partition coefficient (Wildman–Crippen LogP) is 6.74. The first-order valence-electron chi connectivity index (χ1n) is 12.8.